The zero-order valence-corrected chi connectivity index (χ0v) is 6.99. The molecule has 0 spiro atoms. The lowest BCUT2D eigenvalue weighted by Gasteiger charge is -2.44. The Morgan fingerprint density at radius 3 is 2.25 bits per heavy atom. The summed E-state index contributed by atoms with van der Waals surface area (Å²) in [6.07, 6.45) is -2.97. The third kappa shape index (κ3) is 1.58. The Morgan fingerprint density at radius 2 is 1.92 bits per heavy atom. The molecule has 0 aromatic heterocycles. The summed E-state index contributed by atoms with van der Waals surface area (Å²) < 4.78 is 36.1. The molecular formula is C8H13F3O. The van der Waals surface area contributed by atoms with Crippen LogP contribution in [-0.4, -0.2) is 16.9 Å². The van der Waals surface area contributed by atoms with E-state index in [9.17, 15) is 13.2 Å². The van der Waals surface area contributed by atoms with E-state index < -0.39 is 11.8 Å². The number of hydrogen-bond donors (Lipinski definition) is 1. The third-order valence-electron chi connectivity index (χ3n) is 2.48. The molecule has 0 aromatic carbocycles. The highest BCUT2D eigenvalue weighted by atomic mass is 19.4. The van der Waals surface area contributed by atoms with Gasteiger partial charge in [-0.3, -0.25) is 0 Å². The normalized spacial score (nSPS) is 36.2. The molecule has 1 aliphatic carbocycles. The van der Waals surface area contributed by atoms with E-state index >= 15 is 0 Å². The fraction of sp³-hybridized carbons (Fsp3) is 1.00. The molecule has 0 heterocycles. The van der Waals surface area contributed by atoms with Gasteiger partial charge in [0.15, 0.2) is 5.60 Å². The fourth-order valence-corrected chi connectivity index (χ4v) is 1.74. The van der Waals surface area contributed by atoms with Crippen molar-refractivity contribution in [3.63, 3.8) is 0 Å². The summed E-state index contributed by atoms with van der Waals surface area (Å²) in [5.41, 5.74) is -2.37. The largest absolute Gasteiger partial charge is 0.417 e. The minimum Gasteiger partial charge on any atom is -0.380 e. The standard InChI is InChI=1S/C8H13F3O/c1-2-3-6-4-7(12,5-6)8(9,10)11/h6,12H,2-5H2,1H3. The molecule has 1 fully saturated rings. The van der Waals surface area contributed by atoms with Gasteiger partial charge in [-0.25, -0.2) is 0 Å². The fourth-order valence-electron chi connectivity index (χ4n) is 1.74. The highest BCUT2D eigenvalue weighted by Crippen LogP contribution is 2.49. The van der Waals surface area contributed by atoms with Crippen molar-refractivity contribution in [1.29, 1.82) is 0 Å². The van der Waals surface area contributed by atoms with Crippen molar-refractivity contribution in [1.82, 2.24) is 0 Å². The van der Waals surface area contributed by atoms with Crippen LogP contribution >= 0.6 is 0 Å². The molecule has 1 aliphatic rings. The monoisotopic (exact) mass is 182 g/mol. The van der Waals surface area contributed by atoms with E-state index in [1.165, 1.54) is 0 Å². The van der Waals surface area contributed by atoms with Crippen LogP contribution in [0.25, 0.3) is 0 Å². The first-order valence-corrected chi connectivity index (χ1v) is 4.18. The lowest BCUT2D eigenvalue weighted by atomic mass is 9.69. The van der Waals surface area contributed by atoms with Crippen LogP contribution in [0.15, 0.2) is 0 Å². The molecule has 12 heavy (non-hydrogen) atoms. The van der Waals surface area contributed by atoms with Crippen LogP contribution in [0.2, 0.25) is 0 Å². The molecule has 0 unspecified atom stereocenters. The Labute approximate surface area is 69.6 Å². The number of hydrogen-bond acceptors (Lipinski definition) is 1. The van der Waals surface area contributed by atoms with Gasteiger partial charge in [0, 0.05) is 0 Å². The van der Waals surface area contributed by atoms with Crippen molar-refractivity contribution < 1.29 is 18.3 Å². The van der Waals surface area contributed by atoms with Crippen molar-refractivity contribution >= 4 is 0 Å². The summed E-state index contributed by atoms with van der Waals surface area (Å²) >= 11 is 0. The second kappa shape index (κ2) is 2.91. The molecule has 4 heteroatoms. The van der Waals surface area contributed by atoms with Crippen LogP contribution in [0.4, 0.5) is 13.2 Å². The molecule has 0 bridgehead atoms. The second-order valence-electron chi connectivity index (χ2n) is 3.59. The van der Waals surface area contributed by atoms with Crippen LogP contribution in [0.5, 0.6) is 0 Å². The Hall–Kier alpha value is -0.250. The summed E-state index contributed by atoms with van der Waals surface area (Å²) in [6.45, 7) is 1.94. The third-order valence-corrected chi connectivity index (χ3v) is 2.48. The van der Waals surface area contributed by atoms with Crippen molar-refractivity contribution in [2.24, 2.45) is 5.92 Å². The maximum atomic E-state index is 12.0. The SMILES string of the molecule is CCCC1CC(O)(C(F)(F)F)C1. The Morgan fingerprint density at radius 1 is 1.42 bits per heavy atom. The molecular weight excluding hydrogens is 169 g/mol. The van der Waals surface area contributed by atoms with Gasteiger partial charge in [-0.15, -0.1) is 0 Å². The van der Waals surface area contributed by atoms with Crippen LogP contribution in [0.3, 0.4) is 0 Å². The first kappa shape index (κ1) is 9.84. The highest BCUT2D eigenvalue weighted by Gasteiger charge is 2.60. The molecule has 1 saturated carbocycles. The van der Waals surface area contributed by atoms with Crippen molar-refractivity contribution in [3.8, 4) is 0 Å². The van der Waals surface area contributed by atoms with E-state index in [0.717, 1.165) is 12.8 Å². The molecule has 1 nitrogen and oxygen atoms in total. The summed E-state index contributed by atoms with van der Waals surface area (Å²) in [5.74, 6) is 0.0709. The average molecular weight is 182 g/mol. The van der Waals surface area contributed by atoms with Gasteiger partial charge in [0.1, 0.15) is 0 Å². The molecule has 0 aromatic rings. The minimum absolute atomic E-state index is 0.0709. The first-order valence-electron chi connectivity index (χ1n) is 4.18. The van der Waals surface area contributed by atoms with Gasteiger partial charge in [-0.05, 0) is 18.8 Å². The lowest BCUT2D eigenvalue weighted by Crippen LogP contribution is -2.55. The molecule has 0 aliphatic heterocycles. The molecule has 0 radical (unpaired) electrons. The van der Waals surface area contributed by atoms with E-state index in [2.05, 4.69) is 0 Å². The molecule has 1 N–H and O–H groups in total. The van der Waals surface area contributed by atoms with Gasteiger partial charge in [0.2, 0.25) is 0 Å². The van der Waals surface area contributed by atoms with Crippen molar-refractivity contribution in [3.05, 3.63) is 0 Å². The molecule has 0 amide bonds. The van der Waals surface area contributed by atoms with Gasteiger partial charge < -0.3 is 5.11 Å². The Balaban J connectivity index is 2.40. The summed E-state index contributed by atoms with van der Waals surface area (Å²) in [4.78, 5) is 0. The van der Waals surface area contributed by atoms with Crippen LogP contribution in [0.1, 0.15) is 32.6 Å². The number of halogens is 3. The zero-order chi connectivity index (χ0) is 9.41. The van der Waals surface area contributed by atoms with Crippen LogP contribution in [0, 0.1) is 5.92 Å². The second-order valence-corrected chi connectivity index (χ2v) is 3.59. The summed E-state index contributed by atoms with van der Waals surface area (Å²) in [7, 11) is 0. The predicted molar refractivity (Wildman–Crippen MR) is 38.6 cm³/mol. The first-order chi connectivity index (χ1) is 5.39. The zero-order valence-electron chi connectivity index (χ0n) is 6.99. The van der Waals surface area contributed by atoms with E-state index in [-0.39, 0.29) is 18.8 Å². The van der Waals surface area contributed by atoms with Gasteiger partial charge in [0.25, 0.3) is 0 Å². The molecule has 72 valence electrons. The van der Waals surface area contributed by atoms with E-state index in [1.807, 2.05) is 6.92 Å². The van der Waals surface area contributed by atoms with Crippen LogP contribution < -0.4 is 0 Å². The summed E-state index contributed by atoms with van der Waals surface area (Å²) in [6, 6.07) is 0. The van der Waals surface area contributed by atoms with Gasteiger partial charge in [0.05, 0.1) is 0 Å². The van der Waals surface area contributed by atoms with E-state index in [0.29, 0.717) is 0 Å². The maximum Gasteiger partial charge on any atom is 0.417 e. The van der Waals surface area contributed by atoms with Crippen LogP contribution in [-0.2, 0) is 0 Å². The molecule has 1 rings (SSSR count). The predicted octanol–water partition coefficient (Wildman–Crippen LogP) is 2.49. The van der Waals surface area contributed by atoms with Gasteiger partial charge in [-0.2, -0.15) is 13.2 Å². The summed E-state index contributed by atoms with van der Waals surface area (Å²) in [5, 5.41) is 9.02. The number of rotatable bonds is 2. The number of alkyl halides is 3. The van der Waals surface area contributed by atoms with Crippen molar-refractivity contribution in [2.45, 2.75) is 44.4 Å². The van der Waals surface area contributed by atoms with E-state index in [4.69, 9.17) is 5.11 Å². The molecule has 0 saturated heterocycles. The molecule has 0 atom stereocenters. The minimum atomic E-state index is -4.43. The number of aliphatic hydroxyl groups is 1. The lowest BCUT2D eigenvalue weighted by molar-refractivity contribution is -0.299. The quantitative estimate of drug-likeness (QED) is 0.695. The van der Waals surface area contributed by atoms with Gasteiger partial charge in [-0.1, -0.05) is 19.8 Å². The smallest absolute Gasteiger partial charge is 0.380 e. The topological polar surface area (TPSA) is 20.2 Å². The maximum absolute atomic E-state index is 12.0. The average Bonchev–Trinajstić information content (AvgIpc) is 1.82. The Kier molecular flexibility index (Phi) is 2.38. The van der Waals surface area contributed by atoms with E-state index in [1.54, 1.807) is 0 Å². The highest BCUT2D eigenvalue weighted by molar-refractivity contribution is 4.99. The van der Waals surface area contributed by atoms with Crippen molar-refractivity contribution in [2.75, 3.05) is 0 Å². The van der Waals surface area contributed by atoms with Gasteiger partial charge >= 0.3 is 6.18 Å². The Bertz CT molecular complexity index is 158.